The Morgan fingerprint density at radius 3 is 2.44 bits per heavy atom. The van der Waals surface area contributed by atoms with Crippen LogP contribution < -0.4 is 9.46 Å². The Balaban J connectivity index is 1.51. The van der Waals surface area contributed by atoms with Crippen molar-refractivity contribution in [2.75, 3.05) is 33.3 Å². The first kappa shape index (κ1) is 20.3. The van der Waals surface area contributed by atoms with Crippen LogP contribution in [0, 0.1) is 13.8 Å². The Kier molecular flexibility index (Phi) is 6.57. The largest absolute Gasteiger partial charge is 0.496 e. The quantitative estimate of drug-likeness (QED) is 0.761. The number of benzene rings is 1. The van der Waals surface area contributed by atoms with Crippen molar-refractivity contribution in [1.82, 2.24) is 9.62 Å². The molecule has 0 saturated carbocycles. The van der Waals surface area contributed by atoms with E-state index in [-0.39, 0.29) is 0 Å². The number of hydrogen-bond acceptors (Lipinski definition) is 5. The van der Waals surface area contributed by atoms with Crippen molar-refractivity contribution in [3.8, 4) is 5.75 Å². The second-order valence-electron chi connectivity index (χ2n) is 7.12. The molecule has 0 atom stereocenters. The third kappa shape index (κ3) is 4.90. The molecule has 1 fully saturated rings. The van der Waals surface area contributed by atoms with Crippen LogP contribution in [0.2, 0.25) is 0 Å². The molecule has 0 aliphatic carbocycles. The average Bonchev–Trinajstić information content (AvgIpc) is 3.16. The standard InChI is InChI=1S/C20H28N2O3S2/c1-15-13-18(14-16(2)20(15)25-3)27(23,24)21-8-11-22-9-6-17(7-10-22)19-5-4-12-26-19/h4-5,12-14,17,21H,6-11H2,1-3H3. The summed E-state index contributed by atoms with van der Waals surface area (Å²) in [7, 11) is -1.91. The number of likely N-dealkylation sites (tertiary alicyclic amines) is 1. The van der Waals surface area contributed by atoms with E-state index < -0.39 is 10.0 Å². The highest BCUT2D eigenvalue weighted by Gasteiger charge is 2.22. The Morgan fingerprint density at radius 1 is 1.22 bits per heavy atom. The topological polar surface area (TPSA) is 58.6 Å². The summed E-state index contributed by atoms with van der Waals surface area (Å²) in [5.74, 6) is 1.39. The van der Waals surface area contributed by atoms with E-state index in [4.69, 9.17) is 4.74 Å². The van der Waals surface area contributed by atoms with Crippen LogP contribution in [0.25, 0.3) is 0 Å². The van der Waals surface area contributed by atoms with Gasteiger partial charge in [0, 0.05) is 18.0 Å². The van der Waals surface area contributed by atoms with E-state index in [9.17, 15) is 8.42 Å². The molecule has 0 amide bonds. The number of nitrogens with one attached hydrogen (secondary N) is 1. The number of ether oxygens (including phenoxy) is 1. The molecule has 0 spiro atoms. The van der Waals surface area contributed by atoms with Gasteiger partial charge in [0.05, 0.1) is 12.0 Å². The minimum atomic E-state index is -3.51. The van der Waals surface area contributed by atoms with Crippen LogP contribution in [0.15, 0.2) is 34.5 Å². The van der Waals surface area contributed by atoms with Crippen LogP contribution in [0.5, 0.6) is 5.75 Å². The first-order chi connectivity index (χ1) is 12.9. The van der Waals surface area contributed by atoms with Crippen LogP contribution >= 0.6 is 11.3 Å². The van der Waals surface area contributed by atoms with Gasteiger partial charge in [0.1, 0.15) is 5.75 Å². The van der Waals surface area contributed by atoms with Crippen LogP contribution in [0.3, 0.4) is 0 Å². The monoisotopic (exact) mass is 408 g/mol. The summed E-state index contributed by atoms with van der Waals surface area (Å²) >= 11 is 1.84. The lowest BCUT2D eigenvalue weighted by atomic mass is 9.95. The predicted molar refractivity (Wildman–Crippen MR) is 110 cm³/mol. The lowest BCUT2D eigenvalue weighted by molar-refractivity contribution is 0.217. The molecule has 0 bridgehead atoms. The van der Waals surface area contributed by atoms with Gasteiger partial charge in [0.2, 0.25) is 10.0 Å². The highest BCUT2D eigenvalue weighted by Crippen LogP contribution is 2.31. The number of thiophene rings is 1. The highest BCUT2D eigenvalue weighted by molar-refractivity contribution is 7.89. The van der Waals surface area contributed by atoms with Gasteiger partial charge in [-0.25, -0.2) is 13.1 Å². The van der Waals surface area contributed by atoms with Crippen LogP contribution in [-0.2, 0) is 10.0 Å². The lowest BCUT2D eigenvalue weighted by Gasteiger charge is -2.31. The van der Waals surface area contributed by atoms with Gasteiger partial charge < -0.3 is 9.64 Å². The number of rotatable bonds is 7. The Hall–Kier alpha value is -1.41. The zero-order valence-corrected chi connectivity index (χ0v) is 17.8. The van der Waals surface area contributed by atoms with E-state index in [1.54, 1.807) is 19.2 Å². The molecule has 5 nitrogen and oxygen atoms in total. The summed E-state index contributed by atoms with van der Waals surface area (Å²) in [6.45, 7) is 6.93. The maximum Gasteiger partial charge on any atom is 0.240 e. The smallest absolute Gasteiger partial charge is 0.240 e. The molecule has 1 aliphatic heterocycles. The fraction of sp³-hybridized carbons (Fsp3) is 0.500. The molecular weight excluding hydrogens is 380 g/mol. The fourth-order valence-electron chi connectivity index (χ4n) is 3.77. The summed E-state index contributed by atoms with van der Waals surface area (Å²) in [5, 5.41) is 2.14. The molecule has 2 heterocycles. The van der Waals surface area contributed by atoms with Gasteiger partial charge in [-0.05, 0) is 80.4 Å². The molecule has 148 valence electrons. The highest BCUT2D eigenvalue weighted by atomic mass is 32.2. The molecule has 0 unspecified atom stereocenters. The molecular formula is C20H28N2O3S2. The molecule has 7 heteroatoms. The van der Waals surface area contributed by atoms with Crippen molar-refractivity contribution in [3.05, 3.63) is 45.6 Å². The summed E-state index contributed by atoms with van der Waals surface area (Å²) < 4.78 is 33.3. The zero-order valence-electron chi connectivity index (χ0n) is 16.2. The van der Waals surface area contributed by atoms with Gasteiger partial charge in [0.25, 0.3) is 0 Å². The molecule has 1 aromatic heterocycles. The van der Waals surface area contributed by atoms with Gasteiger partial charge in [0.15, 0.2) is 0 Å². The average molecular weight is 409 g/mol. The Bertz CT molecular complexity index is 832. The van der Waals surface area contributed by atoms with E-state index >= 15 is 0 Å². The first-order valence-corrected chi connectivity index (χ1v) is 11.7. The van der Waals surface area contributed by atoms with Crippen molar-refractivity contribution in [3.63, 3.8) is 0 Å². The van der Waals surface area contributed by atoms with E-state index in [2.05, 4.69) is 27.1 Å². The van der Waals surface area contributed by atoms with Crippen molar-refractivity contribution < 1.29 is 13.2 Å². The van der Waals surface area contributed by atoms with Crippen molar-refractivity contribution in [2.24, 2.45) is 0 Å². The summed E-state index contributed by atoms with van der Waals surface area (Å²) in [6, 6.07) is 7.67. The minimum absolute atomic E-state index is 0.301. The maximum absolute atomic E-state index is 12.6. The van der Waals surface area contributed by atoms with Gasteiger partial charge in [-0.1, -0.05) is 6.07 Å². The number of hydrogen-bond donors (Lipinski definition) is 1. The molecule has 3 rings (SSSR count). The summed E-state index contributed by atoms with van der Waals surface area (Å²) in [6.07, 6.45) is 2.29. The van der Waals surface area contributed by atoms with Crippen LogP contribution in [0.1, 0.15) is 34.8 Å². The van der Waals surface area contributed by atoms with E-state index in [0.717, 1.165) is 49.4 Å². The second kappa shape index (κ2) is 8.73. The maximum atomic E-state index is 12.6. The Morgan fingerprint density at radius 2 is 1.89 bits per heavy atom. The first-order valence-electron chi connectivity index (χ1n) is 9.31. The van der Waals surface area contributed by atoms with Gasteiger partial charge in [-0.15, -0.1) is 11.3 Å². The number of piperidine rings is 1. The van der Waals surface area contributed by atoms with Crippen LogP contribution in [-0.4, -0.2) is 46.6 Å². The molecule has 1 N–H and O–H groups in total. The Labute approximate surface area is 166 Å². The van der Waals surface area contributed by atoms with Crippen molar-refractivity contribution in [2.45, 2.75) is 37.5 Å². The number of aryl methyl sites for hydroxylation is 2. The van der Waals surface area contributed by atoms with Gasteiger partial charge >= 0.3 is 0 Å². The van der Waals surface area contributed by atoms with E-state index in [1.165, 1.54) is 4.88 Å². The molecule has 0 radical (unpaired) electrons. The molecule has 1 aromatic carbocycles. The van der Waals surface area contributed by atoms with Gasteiger partial charge in [-0.3, -0.25) is 0 Å². The molecule has 1 saturated heterocycles. The predicted octanol–water partition coefficient (Wildman–Crippen LogP) is 3.53. The van der Waals surface area contributed by atoms with E-state index in [0.29, 0.717) is 17.4 Å². The number of sulfonamides is 1. The van der Waals surface area contributed by atoms with Gasteiger partial charge in [-0.2, -0.15) is 0 Å². The van der Waals surface area contributed by atoms with Crippen LogP contribution in [0.4, 0.5) is 0 Å². The zero-order chi connectivity index (χ0) is 19.4. The minimum Gasteiger partial charge on any atom is -0.496 e. The third-order valence-electron chi connectivity index (χ3n) is 5.20. The lowest BCUT2D eigenvalue weighted by Crippen LogP contribution is -2.39. The number of nitrogens with zero attached hydrogens (tertiary/aromatic N) is 1. The molecule has 1 aliphatic rings. The normalized spacial score (nSPS) is 16.6. The molecule has 2 aromatic rings. The fourth-order valence-corrected chi connectivity index (χ4v) is 5.86. The molecule has 27 heavy (non-hydrogen) atoms. The summed E-state index contributed by atoms with van der Waals surface area (Å²) in [4.78, 5) is 4.12. The SMILES string of the molecule is COc1c(C)cc(S(=O)(=O)NCCN2CCC(c3cccs3)CC2)cc1C. The van der Waals surface area contributed by atoms with E-state index in [1.807, 2.05) is 25.2 Å². The second-order valence-corrected chi connectivity index (χ2v) is 9.87. The van der Waals surface area contributed by atoms with Crippen molar-refractivity contribution in [1.29, 1.82) is 0 Å². The number of methoxy groups -OCH3 is 1. The van der Waals surface area contributed by atoms with Crippen molar-refractivity contribution >= 4 is 21.4 Å². The summed E-state index contributed by atoms with van der Waals surface area (Å²) in [5.41, 5.74) is 1.65. The third-order valence-corrected chi connectivity index (χ3v) is 7.68.